The van der Waals surface area contributed by atoms with Crippen molar-refractivity contribution in [2.75, 3.05) is 9.80 Å². The third-order valence-corrected chi connectivity index (χ3v) is 26.0. The molecular formula is C110H112BN3. The van der Waals surface area contributed by atoms with Crippen molar-refractivity contribution in [1.82, 2.24) is 4.57 Å². The number of hydrogen-bond acceptors (Lipinski definition) is 2. The molecule has 2 aliphatic heterocycles. The molecule has 6 aliphatic rings. The van der Waals surface area contributed by atoms with Gasteiger partial charge in [-0.1, -0.05) is 339 Å². The first-order valence-corrected chi connectivity index (χ1v) is 42.0. The van der Waals surface area contributed by atoms with E-state index in [4.69, 9.17) is 0 Å². The Kier molecular flexibility index (Phi) is 17.3. The smallest absolute Gasteiger partial charge is 0.252 e. The summed E-state index contributed by atoms with van der Waals surface area (Å²) >= 11 is 0. The molecule has 0 radical (unpaired) electrons. The Balaban J connectivity index is 1.03. The van der Waals surface area contributed by atoms with Crippen molar-refractivity contribution in [3.05, 3.63) is 328 Å². The molecule has 18 rings (SSSR count). The van der Waals surface area contributed by atoms with Gasteiger partial charge in [0.1, 0.15) is 0 Å². The van der Waals surface area contributed by atoms with E-state index in [-0.39, 0.29) is 50.5 Å². The van der Waals surface area contributed by atoms with Crippen molar-refractivity contribution in [3.8, 4) is 50.2 Å². The fourth-order valence-corrected chi connectivity index (χ4v) is 19.4. The molecule has 114 heavy (non-hydrogen) atoms. The van der Waals surface area contributed by atoms with Crippen LogP contribution in [0.15, 0.2) is 295 Å². The van der Waals surface area contributed by atoms with E-state index < -0.39 is 0 Å². The van der Waals surface area contributed by atoms with Gasteiger partial charge in [-0.15, -0.1) is 0 Å². The van der Waals surface area contributed by atoms with Crippen molar-refractivity contribution >= 4 is 84.6 Å². The van der Waals surface area contributed by atoms with E-state index in [0.717, 1.165) is 23.5 Å². The molecule has 3 heterocycles. The van der Waals surface area contributed by atoms with E-state index in [9.17, 15) is 0 Å². The van der Waals surface area contributed by atoms with Gasteiger partial charge in [0.05, 0.1) is 22.4 Å². The van der Waals surface area contributed by atoms with Crippen LogP contribution >= 0.6 is 0 Å². The molecule has 0 fully saturated rings. The van der Waals surface area contributed by atoms with Gasteiger partial charge < -0.3 is 14.4 Å². The van der Waals surface area contributed by atoms with E-state index in [2.05, 4.69) is 427 Å². The van der Waals surface area contributed by atoms with E-state index in [1.165, 1.54) is 172 Å². The van der Waals surface area contributed by atoms with Crippen molar-refractivity contribution in [2.45, 2.75) is 179 Å². The number of fused-ring (bicyclic) bond motifs is 7. The summed E-state index contributed by atoms with van der Waals surface area (Å²) in [6.07, 6.45) is 16.7. The zero-order chi connectivity index (χ0) is 80.0. The maximum Gasteiger partial charge on any atom is 0.252 e. The summed E-state index contributed by atoms with van der Waals surface area (Å²) in [5.74, 6) is 0.993. The lowest BCUT2D eigenvalue weighted by Gasteiger charge is -2.48. The molecule has 12 aromatic rings. The minimum absolute atomic E-state index is 0.0227. The zero-order valence-corrected chi connectivity index (χ0v) is 71.3. The molecule has 0 saturated carbocycles. The Morgan fingerprint density at radius 1 is 0.333 bits per heavy atom. The third kappa shape index (κ3) is 12.6. The molecule has 0 saturated heterocycles. The lowest BCUT2D eigenvalue weighted by molar-refractivity contribution is 0.328. The Morgan fingerprint density at radius 2 is 0.781 bits per heavy atom. The number of anilines is 6. The van der Waals surface area contributed by atoms with Crippen LogP contribution in [0.1, 0.15) is 185 Å². The second-order valence-electron chi connectivity index (χ2n) is 41.1. The van der Waals surface area contributed by atoms with Gasteiger partial charge in [-0.05, 0) is 229 Å². The molecule has 3 atom stereocenters. The molecule has 570 valence electrons. The normalized spacial score (nSPS) is 17.5. The number of allylic oxidation sites excluding steroid dienone is 12. The highest BCUT2D eigenvalue weighted by molar-refractivity contribution is 7.00. The van der Waals surface area contributed by atoms with Gasteiger partial charge in [0.25, 0.3) is 6.71 Å². The van der Waals surface area contributed by atoms with E-state index in [0.29, 0.717) is 11.8 Å². The molecule has 0 bridgehead atoms. The Bertz CT molecular complexity index is 5960. The fraction of sp³-hybridized carbons (Fsp3) is 0.291. The quantitative estimate of drug-likeness (QED) is 0.141. The van der Waals surface area contributed by atoms with Crippen LogP contribution in [-0.2, 0) is 27.1 Å². The standard InChI is InChI=1S/C110H112BN3/c1-104(2,3)75-45-50-93-88(57-75)89-58-76(105(4,5)6)46-51-94(89)112(93)82-47-48-91-96(66-82)114(103-86(69-38-30-24-31-39-69)61-80(109(16,17)18)62-87(103)70-40-32-25-33-41-70)98-65-81(110(19,20)21)64-97-101(98)111(91)92-56-71(83-55-74-54-77(106(7,8)9)52-72-42-43-73-53-78(107(10,11)12)63-90(83)100(73)99(72)74)44-49-95(92)113(97)102-84(67-34-26-22-27-35-67)59-79(108(13,14)15)60-85(102)68-36-28-23-29-37-68/h22-51,53-66,72,99-100H,52H2,1-21H3. The Labute approximate surface area is 680 Å². The van der Waals surface area contributed by atoms with Crippen molar-refractivity contribution in [2.24, 2.45) is 28.6 Å². The van der Waals surface area contributed by atoms with Crippen molar-refractivity contribution < 1.29 is 0 Å². The minimum atomic E-state index is -0.326. The Hall–Kier alpha value is -10.7. The monoisotopic (exact) mass is 1490 g/mol. The van der Waals surface area contributed by atoms with Gasteiger partial charge in [0.2, 0.25) is 0 Å². The molecule has 11 aromatic carbocycles. The van der Waals surface area contributed by atoms with Crippen LogP contribution in [0.5, 0.6) is 0 Å². The number of nitrogens with zero attached hydrogens (tertiary/aromatic N) is 3. The van der Waals surface area contributed by atoms with E-state index in [1.807, 2.05) is 0 Å². The first-order chi connectivity index (χ1) is 53.9. The first kappa shape index (κ1) is 74.7. The predicted octanol–water partition coefficient (Wildman–Crippen LogP) is 28.4. The van der Waals surface area contributed by atoms with E-state index in [1.54, 1.807) is 0 Å². The summed E-state index contributed by atoms with van der Waals surface area (Å²) in [7, 11) is 0. The van der Waals surface area contributed by atoms with Crippen LogP contribution in [0, 0.1) is 28.6 Å². The fourth-order valence-electron chi connectivity index (χ4n) is 19.4. The summed E-state index contributed by atoms with van der Waals surface area (Å²) in [4.78, 5) is 5.56. The number of benzene rings is 11. The van der Waals surface area contributed by atoms with Gasteiger partial charge in [-0.3, -0.25) is 0 Å². The van der Waals surface area contributed by atoms with Crippen LogP contribution in [-0.4, -0.2) is 11.3 Å². The lowest BCUT2D eigenvalue weighted by Crippen LogP contribution is -2.61. The van der Waals surface area contributed by atoms with Crippen LogP contribution in [0.3, 0.4) is 0 Å². The third-order valence-electron chi connectivity index (χ3n) is 26.0. The van der Waals surface area contributed by atoms with Gasteiger partial charge in [0.15, 0.2) is 0 Å². The second-order valence-corrected chi connectivity index (χ2v) is 41.1. The molecule has 4 heteroatoms. The van der Waals surface area contributed by atoms with Gasteiger partial charge >= 0.3 is 0 Å². The summed E-state index contributed by atoms with van der Waals surface area (Å²) in [6, 6.07) is 90.8. The largest absolute Gasteiger partial charge is 0.310 e. The average Bonchev–Trinajstić information content (AvgIpc) is 0.725. The molecule has 0 spiro atoms. The van der Waals surface area contributed by atoms with Crippen LogP contribution in [0.25, 0.3) is 77.6 Å². The maximum absolute atomic E-state index is 2.79. The summed E-state index contributed by atoms with van der Waals surface area (Å²) < 4.78 is 2.60. The van der Waals surface area contributed by atoms with Crippen molar-refractivity contribution in [3.63, 3.8) is 0 Å². The molecule has 0 N–H and O–H groups in total. The maximum atomic E-state index is 2.79. The topological polar surface area (TPSA) is 11.4 Å². The molecule has 3 unspecified atom stereocenters. The SMILES string of the molecule is CC(C)(C)C1=CC2=C(c3ccc4c(c3)B3c5ccc(-n6c7ccc(C(C)(C)C)cc7c7cc(C(C)(C)C)ccc76)cc5N(c5c(-c6ccccc6)cc(C(C)(C)C)cc5-c5ccccc5)c5cc(C(C)(C)C)cc(c53)N4c3c(-c4ccccc4)cc(C(C)(C)C)cc3-c3ccccc3)C=C3C=C(C(C)(C)C)CC4C=CC(=C1)C2C34. The highest BCUT2D eigenvalue weighted by atomic mass is 15.2. The molecule has 0 amide bonds. The molecule has 4 aliphatic carbocycles. The highest BCUT2D eigenvalue weighted by Crippen LogP contribution is 2.60. The summed E-state index contributed by atoms with van der Waals surface area (Å²) in [5.41, 5.74) is 39.2. The molecule has 3 nitrogen and oxygen atoms in total. The van der Waals surface area contributed by atoms with Crippen LogP contribution in [0.2, 0.25) is 0 Å². The summed E-state index contributed by atoms with van der Waals surface area (Å²) in [6.45, 7) is 49.8. The summed E-state index contributed by atoms with van der Waals surface area (Å²) in [5, 5.41) is 2.55. The van der Waals surface area contributed by atoms with Crippen molar-refractivity contribution in [1.29, 1.82) is 0 Å². The number of hydrogen-bond donors (Lipinski definition) is 0. The number of rotatable bonds is 8. The first-order valence-electron chi connectivity index (χ1n) is 42.0. The van der Waals surface area contributed by atoms with Gasteiger partial charge in [-0.25, -0.2) is 0 Å². The number of aromatic nitrogens is 1. The van der Waals surface area contributed by atoms with Gasteiger partial charge in [-0.2, -0.15) is 0 Å². The molecule has 1 aromatic heterocycles. The minimum Gasteiger partial charge on any atom is -0.310 e. The van der Waals surface area contributed by atoms with Gasteiger partial charge in [0, 0.05) is 73.3 Å². The van der Waals surface area contributed by atoms with Crippen LogP contribution in [0.4, 0.5) is 34.1 Å². The Morgan fingerprint density at radius 3 is 1.22 bits per heavy atom. The highest BCUT2D eigenvalue weighted by Gasteiger charge is 2.49. The second kappa shape index (κ2) is 26.4. The molecular weight excluding hydrogens is 1370 g/mol. The predicted molar refractivity (Wildman–Crippen MR) is 492 cm³/mol. The lowest BCUT2D eigenvalue weighted by atomic mass is 9.33. The van der Waals surface area contributed by atoms with E-state index >= 15 is 0 Å². The zero-order valence-electron chi connectivity index (χ0n) is 71.3. The average molecular weight is 1490 g/mol. The van der Waals surface area contributed by atoms with Crippen LogP contribution < -0.4 is 26.2 Å².